The fraction of sp³-hybridized carbons (Fsp3) is 0.375. The lowest BCUT2D eigenvalue weighted by atomic mass is 9.90. The van der Waals surface area contributed by atoms with Crippen LogP contribution in [0.15, 0.2) is 54.6 Å². The number of hydrogen-bond acceptors (Lipinski definition) is 4. The molecule has 6 heteroatoms. The van der Waals surface area contributed by atoms with E-state index in [1.165, 1.54) is 7.11 Å². The molecular weight excluding hydrogens is 402 g/mol. The summed E-state index contributed by atoms with van der Waals surface area (Å²) in [5.74, 6) is -1.40. The van der Waals surface area contributed by atoms with Gasteiger partial charge in [0.1, 0.15) is 6.04 Å². The monoisotopic (exact) mass is 429 g/mol. The Hall–Kier alpha value is -2.66. The molecule has 1 amide bonds. The number of ether oxygens (including phenoxy) is 1. The first kappa shape index (κ1) is 23.6. The fourth-order valence-corrected chi connectivity index (χ4v) is 3.38. The van der Waals surface area contributed by atoms with E-state index in [1.54, 1.807) is 24.3 Å². The molecule has 2 aromatic carbocycles. The van der Waals surface area contributed by atoms with Crippen LogP contribution >= 0.6 is 11.6 Å². The second-order valence-corrected chi connectivity index (χ2v) is 8.17. The second-order valence-electron chi connectivity index (χ2n) is 7.73. The summed E-state index contributed by atoms with van der Waals surface area (Å²) in [4.78, 5) is 38.0. The summed E-state index contributed by atoms with van der Waals surface area (Å²) >= 11 is 5.90. The Morgan fingerprint density at radius 2 is 1.63 bits per heavy atom. The van der Waals surface area contributed by atoms with Gasteiger partial charge in [-0.05, 0) is 48.6 Å². The number of hydrogen-bond donors (Lipinski definition) is 1. The van der Waals surface area contributed by atoms with Gasteiger partial charge in [-0.2, -0.15) is 0 Å². The lowest BCUT2D eigenvalue weighted by Crippen LogP contribution is -2.45. The van der Waals surface area contributed by atoms with Gasteiger partial charge in [-0.15, -0.1) is 0 Å². The Morgan fingerprint density at radius 1 is 1.00 bits per heavy atom. The molecule has 1 unspecified atom stereocenters. The van der Waals surface area contributed by atoms with E-state index in [2.05, 4.69) is 5.32 Å². The average Bonchev–Trinajstić information content (AvgIpc) is 2.73. The lowest BCUT2D eigenvalue weighted by molar-refractivity contribution is -0.146. The van der Waals surface area contributed by atoms with Crippen molar-refractivity contribution in [3.63, 3.8) is 0 Å². The molecule has 0 saturated heterocycles. The highest BCUT2D eigenvalue weighted by molar-refractivity contribution is 6.30. The van der Waals surface area contributed by atoms with Crippen molar-refractivity contribution in [2.24, 2.45) is 11.8 Å². The van der Waals surface area contributed by atoms with Gasteiger partial charge in [-0.3, -0.25) is 9.59 Å². The molecular formula is C24H28ClNO4. The third kappa shape index (κ3) is 7.30. The Labute approximate surface area is 182 Å². The number of esters is 1. The third-order valence-electron chi connectivity index (χ3n) is 4.80. The van der Waals surface area contributed by atoms with E-state index in [0.29, 0.717) is 23.4 Å². The highest BCUT2D eigenvalue weighted by Gasteiger charge is 2.28. The molecule has 0 aliphatic carbocycles. The van der Waals surface area contributed by atoms with E-state index in [9.17, 15) is 14.4 Å². The highest BCUT2D eigenvalue weighted by Crippen LogP contribution is 2.19. The predicted octanol–water partition coefficient (Wildman–Crippen LogP) is 4.48. The van der Waals surface area contributed by atoms with Crippen molar-refractivity contribution in [2.75, 3.05) is 7.11 Å². The zero-order valence-corrected chi connectivity index (χ0v) is 18.3. The molecule has 0 aromatic heterocycles. The van der Waals surface area contributed by atoms with Gasteiger partial charge < -0.3 is 10.1 Å². The Kier molecular flexibility index (Phi) is 9.06. The number of ketones is 1. The molecule has 0 aliphatic rings. The number of benzene rings is 2. The van der Waals surface area contributed by atoms with Crippen LogP contribution in [-0.4, -0.2) is 30.8 Å². The first-order valence-electron chi connectivity index (χ1n) is 10.0. The van der Waals surface area contributed by atoms with Gasteiger partial charge >= 0.3 is 5.97 Å². The summed E-state index contributed by atoms with van der Waals surface area (Å²) in [6.07, 6.45) is 0.876. The molecule has 2 aromatic rings. The Bertz CT molecular complexity index is 849. The number of amides is 1. The van der Waals surface area contributed by atoms with Gasteiger partial charge in [-0.1, -0.05) is 55.8 Å². The van der Waals surface area contributed by atoms with Crippen LogP contribution in [0, 0.1) is 11.8 Å². The Morgan fingerprint density at radius 3 is 2.20 bits per heavy atom. The maximum Gasteiger partial charge on any atom is 0.328 e. The van der Waals surface area contributed by atoms with E-state index in [1.807, 2.05) is 44.2 Å². The van der Waals surface area contributed by atoms with Crippen molar-refractivity contribution in [2.45, 2.75) is 39.2 Å². The van der Waals surface area contributed by atoms with Gasteiger partial charge in [0.2, 0.25) is 5.91 Å². The Balaban J connectivity index is 2.20. The second kappa shape index (κ2) is 11.5. The molecule has 2 atom stereocenters. The number of nitrogens with one attached hydrogen (secondary N) is 1. The standard InChI is InChI=1S/C24H28ClNO4/c1-16(2)13-21(24(29)30-3)26-23(28)19(14-17-7-5-4-6-8-17)15-22(27)18-9-11-20(25)12-10-18/h4-12,16,19,21H,13-15H2,1-3H3,(H,26,28)/t19?,21-/m1/s1. The van der Waals surface area contributed by atoms with Crippen LogP contribution in [0.4, 0.5) is 0 Å². The molecule has 0 bridgehead atoms. The molecule has 1 N–H and O–H groups in total. The summed E-state index contributed by atoms with van der Waals surface area (Å²) < 4.78 is 4.84. The van der Waals surface area contributed by atoms with Crippen molar-refractivity contribution >= 4 is 29.3 Å². The van der Waals surface area contributed by atoms with Crippen molar-refractivity contribution < 1.29 is 19.1 Å². The molecule has 2 rings (SSSR count). The van der Waals surface area contributed by atoms with Gasteiger partial charge in [0, 0.05) is 22.9 Å². The predicted molar refractivity (Wildman–Crippen MR) is 117 cm³/mol. The molecule has 160 valence electrons. The van der Waals surface area contributed by atoms with E-state index in [-0.39, 0.29) is 24.0 Å². The molecule has 0 fully saturated rings. The minimum Gasteiger partial charge on any atom is -0.467 e. The van der Waals surface area contributed by atoms with Crippen LogP contribution in [0.25, 0.3) is 0 Å². The topological polar surface area (TPSA) is 72.5 Å². The first-order chi connectivity index (χ1) is 14.3. The first-order valence-corrected chi connectivity index (χ1v) is 10.4. The maximum absolute atomic E-state index is 13.1. The summed E-state index contributed by atoms with van der Waals surface area (Å²) in [6.45, 7) is 3.93. The van der Waals surface area contributed by atoms with Gasteiger partial charge in [-0.25, -0.2) is 4.79 Å². The summed E-state index contributed by atoms with van der Waals surface area (Å²) in [5.41, 5.74) is 1.44. The van der Waals surface area contributed by atoms with Crippen molar-refractivity contribution in [3.05, 3.63) is 70.7 Å². The van der Waals surface area contributed by atoms with Gasteiger partial charge in [0.15, 0.2) is 5.78 Å². The van der Waals surface area contributed by atoms with Crippen molar-refractivity contribution in [3.8, 4) is 0 Å². The lowest BCUT2D eigenvalue weighted by Gasteiger charge is -2.22. The van der Waals surface area contributed by atoms with E-state index >= 15 is 0 Å². The fourth-order valence-electron chi connectivity index (χ4n) is 3.25. The van der Waals surface area contributed by atoms with Gasteiger partial charge in [0.05, 0.1) is 7.11 Å². The van der Waals surface area contributed by atoms with E-state index in [4.69, 9.17) is 16.3 Å². The summed E-state index contributed by atoms with van der Waals surface area (Å²) in [7, 11) is 1.30. The van der Waals surface area contributed by atoms with Crippen LogP contribution in [0.3, 0.4) is 0 Å². The van der Waals surface area contributed by atoms with Crippen LogP contribution in [-0.2, 0) is 20.7 Å². The maximum atomic E-state index is 13.1. The highest BCUT2D eigenvalue weighted by atomic mass is 35.5. The minimum absolute atomic E-state index is 0.0257. The summed E-state index contributed by atoms with van der Waals surface area (Å²) in [6, 6.07) is 15.4. The van der Waals surface area contributed by atoms with Crippen molar-refractivity contribution in [1.82, 2.24) is 5.32 Å². The zero-order chi connectivity index (χ0) is 22.1. The van der Waals surface area contributed by atoms with E-state index in [0.717, 1.165) is 5.56 Å². The van der Waals surface area contributed by atoms with E-state index < -0.39 is 17.9 Å². The molecule has 0 spiro atoms. The number of Topliss-reactive ketones (excluding diaryl/α,β-unsaturated/α-hetero) is 1. The molecule has 30 heavy (non-hydrogen) atoms. The van der Waals surface area contributed by atoms with Crippen LogP contribution in [0.2, 0.25) is 5.02 Å². The number of rotatable bonds is 10. The van der Waals surface area contributed by atoms with Crippen LogP contribution in [0.5, 0.6) is 0 Å². The SMILES string of the molecule is COC(=O)[C@@H](CC(C)C)NC(=O)C(CC(=O)c1ccc(Cl)cc1)Cc1ccccc1. The van der Waals surface area contributed by atoms with Gasteiger partial charge in [0.25, 0.3) is 0 Å². The molecule has 0 heterocycles. The zero-order valence-electron chi connectivity index (χ0n) is 17.6. The third-order valence-corrected chi connectivity index (χ3v) is 5.05. The van der Waals surface area contributed by atoms with Crippen molar-refractivity contribution in [1.29, 1.82) is 0 Å². The quantitative estimate of drug-likeness (QED) is 0.446. The molecule has 0 aliphatic heterocycles. The molecule has 0 radical (unpaired) electrons. The average molecular weight is 430 g/mol. The largest absolute Gasteiger partial charge is 0.467 e. The smallest absolute Gasteiger partial charge is 0.328 e. The molecule has 0 saturated carbocycles. The number of halogens is 1. The minimum atomic E-state index is -0.744. The number of carbonyl (C=O) groups excluding carboxylic acids is 3. The molecule has 5 nitrogen and oxygen atoms in total. The van der Waals surface area contributed by atoms with Crippen LogP contribution in [0.1, 0.15) is 42.6 Å². The summed E-state index contributed by atoms with van der Waals surface area (Å²) in [5, 5.41) is 3.34. The number of carbonyl (C=O) groups is 3. The number of methoxy groups -OCH3 is 1. The van der Waals surface area contributed by atoms with Crippen LogP contribution < -0.4 is 5.32 Å². The normalized spacial score (nSPS) is 12.8.